The second-order valence-corrected chi connectivity index (χ2v) is 9.30. The molecule has 2 heterocycles. The molecular weight excluding hydrogens is 421 g/mol. The molecule has 0 unspecified atom stereocenters. The van der Waals surface area contributed by atoms with Crippen molar-refractivity contribution in [2.24, 2.45) is 5.41 Å². The maximum absolute atomic E-state index is 14.6. The molecule has 4 rings (SSSR count). The average Bonchev–Trinajstić information content (AvgIpc) is 3.61. The number of nitrogens with zero attached hydrogens (tertiary/aromatic N) is 4. The topological polar surface area (TPSA) is 108 Å². The summed E-state index contributed by atoms with van der Waals surface area (Å²) in [7, 11) is 1.72. The normalized spacial score (nSPS) is 22.2. The maximum Gasteiger partial charge on any atom is 0.151 e. The Morgan fingerprint density at radius 1 is 1.15 bits per heavy atom. The van der Waals surface area contributed by atoms with Crippen LogP contribution in [0.5, 0.6) is 0 Å². The Morgan fingerprint density at radius 3 is 2.61 bits per heavy atom. The Bertz CT molecular complexity index is 983. The molecule has 2 aliphatic carbocycles. The Labute approximate surface area is 194 Å². The molecule has 0 radical (unpaired) electrons. The van der Waals surface area contributed by atoms with Gasteiger partial charge in [0, 0.05) is 43.4 Å². The van der Waals surface area contributed by atoms with E-state index < -0.39 is 5.82 Å². The summed E-state index contributed by atoms with van der Waals surface area (Å²) in [6.45, 7) is 3.38. The van der Waals surface area contributed by atoms with Gasteiger partial charge in [-0.15, -0.1) is 0 Å². The number of nitriles is 1. The van der Waals surface area contributed by atoms with E-state index in [0.717, 1.165) is 38.5 Å². The summed E-state index contributed by atoms with van der Waals surface area (Å²) in [6.07, 6.45) is 8.63. The van der Waals surface area contributed by atoms with Gasteiger partial charge < -0.3 is 20.7 Å². The molecule has 2 aromatic rings. The van der Waals surface area contributed by atoms with Crippen LogP contribution in [0.4, 0.5) is 16.0 Å². The summed E-state index contributed by atoms with van der Waals surface area (Å²) < 4.78 is 19.8. The highest BCUT2D eigenvalue weighted by molar-refractivity contribution is 5.66. The standard InChI is InChI=1S/C24H32FN7O/c1-16(12-33-2)31-17-3-5-18(6-4-17)32-23-9-19(20(25)11-27-23)21-10-22(30-15-29-21)28-14-24(13-26)7-8-24/h9-11,15-18,31H,3-8,12,14H2,1-2H3,(H,27,32)(H,28,29,30)/t16-,17?,18?/m0/s1. The van der Waals surface area contributed by atoms with Gasteiger partial charge in [0.15, 0.2) is 5.82 Å². The predicted octanol–water partition coefficient (Wildman–Crippen LogP) is 3.74. The second-order valence-electron chi connectivity index (χ2n) is 9.30. The van der Waals surface area contributed by atoms with Crippen molar-refractivity contribution in [1.29, 1.82) is 5.26 Å². The third-order valence-corrected chi connectivity index (χ3v) is 6.51. The van der Waals surface area contributed by atoms with Gasteiger partial charge in [0.25, 0.3) is 0 Å². The van der Waals surface area contributed by atoms with E-state index in [1.165, 1.54) is 12.5 Å². The molecule has 9 heteroatoms. The molecule has 33 heavy (non-hydrogen) atoms. The molecule has 1 atom stereocenters. The molecule has 0 saturated heterocycles. The predicted molar refractivity (Wildman–Crippen MR) is 125 cm³/mol. The van der Waals surface area contributed by atoms with E-state index in [1.54, 1.807) is 19.2 Å². The lowest BCUT2D eigenvalue weighted by Crippen LogP contribution is -2.42. The molecule has 0 bridgehead atoms. The zero-order chi connectivity index (χ0) is 23.3. The largest absolute Gasteiger partial charge is 0.383 e. The number of anilines is 2. The van der Waals surface area contributed by atoms with Crippen molar-refractivity contribution in [1.82, 2.24) is 20.3 Å². The third kappa shape index (κ3) is 6.15. The summed E-state index contributed by atoms with van der Waals surface area (Å²) in [4.78, 5) is 12.7. The average molecular weight is 454 g/mol. The number of hydrogen-bond acceptors (Lipinski definition) is 8. The zero-order valence-electron chi connectivity index (χ0n) is 19.3. The lowest BCUT2D eigenvalue weighted by molar-refractivity contribution is 0.161. The molecule has 3 N–H and O–H groups in total. The minimum absolute atomic E-state index is 0.291. The molecular formula is C24H32FN7O. The summed E-state index contributed by atoms with van der Waals surface area (Å²) >= 11 is 0. The molecule has 8 nitrogen and oxygen atoms in total. The highest BCUT2D eigenvalue weighted by Gasteiger charge is 2.42. The molecule has 2 aromatic heterocycles. The number of ether oxygens (including phenoxy) is 1. The van der Waals surface area contributed by atoms with Crippen LogP contribution in [-0.4, -0.2) is 53.3 Å². The van der Waals surface area contributed by atoms with Gasteiger partial charge in [-0.05, 0) is 51.5 Å². The fourth-order valence-corrected chi connectivity index (χ4v) is 4.37. The highest BCUT2D eigenvalue weighted by atomic mass is 19.1. The first-order chi connectivity index (χ1) is 16.0. The van der Waals surface area contributed by atoms with Gasteiger partial charge >= 0.3 is 0 Å². The fourth-order valence-electron chi connectivity index (χ4n) is 4.37. The number of halogens is 1. The van der Waals surface area contributed by atoms with Crippen molar-refractivity contribution in [3.63, 3.8) is 0 Å². The highest BCUT2D eigenvalue weighted by Crippen LogP contribution is 2.44. The Kier molecular flexibility index (Phi) is 7.36. The van der Waals surface area contributed by atoms with Crippen molar-refractivity contribution in [2.75, 3.05) is 30.9 Å². The van der Waals surface area contributed by atoms with Crippen LogP contribution < -0.4 is 16.0 Å². The van der Waals surface area contributed by atoms with Crippen molar-refractivity contribution in [3.05, 3.63) is 30.5 Å². The lowest BCUT2D eigenvalue weighted by atomic mass is 9.90. The number of hydrogen-bond donors (Lipinski definition) is 3. The molecule has 0 amide bonds. The van der Waals surface area contributed by atoms with Gasteiger partial charge in [-0.25, -0.2) is 19.3 Å². The Morgan fingerprint density at radius 2 is 1.91 bits per heavy atom. The van der Waals surface area contributed by atoms with Crippen LogP contribution in [0.25, 0.3) is 11.3 Å². The summed E-state index contributed by atoms with van der Waals surface area (Å²) in [5.74, 6) is 0.798. The summed E-state index contributed by atoms with van der Waals surface area (Å²) in [5, 5.41) is 19.5. The lowest BCUT2D eigenvalue weighted by Gasteiger charge is -2.31. The van der Waals surface area contributed by atoms with Gasteiger partial charge in [-0.3, -0.25) is 0 Å². The van der Waals surface area contributed by atoms with Gasteiger partial charge in [-0.2, -0.15) is 5.26 Å². The maximum atomic E-state index is 14.6. The van der Waals surface area contributed by atoms with Crippen LogP contribution in [0.15, 0.2) is 24.7 Å². The van der Waals surface area contributed by atoms with E-state index in [-0.39, 0.29) is 5.41 Å². The van der Waals surface area contributed by atoms with Crippen molar-refractivity contribution < 1.29 is 9.13 Å². The van der Waals surface area contributed by atoms with Crippen molar-refractivity contribution >= 4 is 11.6 Å². The number of rotatable bonds is 10. The molecule has 0 aliphatic heterocycles. The minimum Gasteiger partial charge on any atom is -0.383 e. The molecule has 176 valence electrons. The van der Waals surface area contributed by atoms with Gasteiger partial charge in [0.05, 0.1) is 30.0 Å². The quantitative estimate of drug-likeness (QED) is 0.499. The van der Waals surface area contributed by atoms with Crippen molar-refractivity contribution in [2.45, 2.75) is 63.6 Å². The van der Waals surface area contributed by atoms with Crippen LogP contribution >= 0.6 is 0 Å². The molecule has 0 aromatic carbocycles. The van der Waals surface area contributed by atoms with Crippen LogP contribution in [0.1, 0.15) is 45.4 Å². The summed E-state index contributed by atoms with van der Waals surface area (Å²) in [5.41, 5.74) is 0.570. The number of methoxy groups -OCH3 is 1. The van der Waals surface area contributed by atoms with Crippen LogP contribution in [0, 0.1) is 22.6 Å². The minimum atomic E-state index is -0.430. The Balaban J connectivity index is 1.37. The molecule has 0 spiro atoms. The Hall–Kier alpha value is -2.83. The van der Waals surface area contributed by atoms with E-state index >= 15 is 0 Å². The number of nitrogens with one attached hydrogen (secondary N) is 3. The third-order valence-electron chi connectivity index (χ3n) is 6.51. The number of pyridine rings is 1. The molecule has 2 saturated carbocycles. The second kappa shape index (κ2) is 10.4. The molecule has 2 fully saturated rings. The van der Waals surface area contributed by atoms with Gasteiger partial charge in [0.1, 0.15) is 18.0 Å². The summed E-state index contributed by atoms with van der Waals surface area (Å²) in [6, 6.07) is 6.91. The van der Waals surface area contributed by atoms with Gasteiger partial charge in [-0.1, -0.05) is 0 Å². The molecule has 2 aliphatic rings. The first-order valence-electron chi connectivity index (χ1n) is 11.6. The zero-order valence-corrected chi connectivity index (χ0v) is 19.3. The van der Waals surface area contributed by atoms with Gasteiger partial charge in [0.2, 0.25) is 0 Å². The van der Waals surface area contributed by atoms with E-state index in [0.29, 0.717) is 54.2 Å². The monoisotopic (exact) mass is 453 g/mol. The van der Waals surface area contributed by atoms with E-state index in [9.17, 15) is 9.65 Å². The van der Waals surface area contributed by atoms with Crippen LogP contribution in [-0.2, 0) is 4.74 Å². The fraction of sp³-hybridized carbons (Fsp3) is 0.583. The van der Waals surface area contributed by atoms with Crippen molar-refractivity contribution in [3.8, 4) is 17.3 Å². The first-order valence-corrected chi connectivity index (χ1v) is 11.6. The SMILES string of the molecule is COC[C@H](C)NC1CCC(Nc2cc(-c3cc(NCC4(C#N)CC4)ncn3)c(F)cn2)CC1. The van der Waals surface area contributed by atoms with Crippen LogP contribution in [0.3, 0.4) is 0 Å². The van der Waals surface area contributed by atoms with E-state index in [2.05, 4.69) is 43.9 Å². The smallest absolute Gasteiger partial charge is 0.151 e. The van der Waals surface area contributed by atoms with E-state index in [1.807, 2.05) is 0 Å². The first kappa shape index (κ1) is 23.3. The van der Waals surface area contributed by atoms with E-state index in [4.69, 9.17) is 4.74 Å². The van der Waals surface area contributed by atoms with Crippen LogP contribution in [0.2, 0.25) is 0 Å². The number of aromatic nitrogens is 3.